The summed E-state index contributed by atoms with van der Waals surface area (Å²) in [5, 5.41) is 3.81. The Balaban J connectivity index is 2.51. The number of methoxy groups -OCH3 is 1. The molecule has 0 saturated heterocycles. The second kappa shape index (κ2) is 4.00. The van der Waals surface area contributed by atoms with Gasteiger partial charge in [0.2, 0.25) is 0 Å². The van der Waals surface area contributed by atoms with Crippen LogP contribution in [0.4, 0.5) is 0 Å². The number of nitrogens with zero attached hydrogens (tertiary/aromatic N) is 5. The van der Waals surface area contributed by atoms with Crippen LogP contribution in [0, 0.1) is 0 Å². The molecule has 3 rings (SSSR count). The number of ether oxygens (including phenoxy) is 1. The Morgan fingerprint density at radius 2 is 2.16 bits per heavy atom. The number of hydrogen-bond acceptors (Lipinski definition) is 7. The van der Waals surface area contributed by atoms with Gasteiger partial charge in [-0.2, -0.15) is 14.5 Å². The number of pyridine rings is 1. The minimum Gasteiger partial charge on any atom is -0.467 e. The third-order valence-corrected chi connectivity index (χ3v) is 3.42. The second-order valence-corrected chi connectivity index (χ2v) is 6.00. The van der Waals surface area contributed by atoms with Crippen LogP contribution < -0.4 is 4.74 Å². The molecule has 98 valence electrons. The first-order chi connectivity index (χ1) is 9.00. The van der Waals surface area contributed by atoms with Crippen molar-refractivity contribution >= 4 is 36.4 Å². The van der Waals surface area contributed by atoms with Gasteiger partial charge in [0.25, 0.3) is 14.2 Å². The lowest BCUT2D eigenvalue weighted by molar-refractivity contribution is 0.368. The molecule has 0 N–H and O–H groups in total. The van der Waals surface area contributed by atoms with Gasteiger partial charge in [-0.1, -0.05) is 0 Å². The molecule has 0 spiro atoms. The van der Waals surface area contributed by atoms with Gasteiger partial charge in [-0.25, -0.2) is 13.4 Å². The number of hydrogen-bond donors (Lipinski definition) is 0. The molecule has 19 heavy (non-hydrogen) atoms. The van der Waals surface area contributed by atoms with E-state index in [0.29, 0.717) is 11.0 Å². The van der Waals surface area contributed by atoms with E-state index >= 15 is 0 Å². The van der Waals surface area contributed by atoms with Gasteiger partial charge in [-0.05, 0) is 12.1 Å². The fourth-order valence-electron chi connectivity index (χ4n) is 1.63. The van der Waals surface area contributed by atoms with E-state index in [9.17, 15) is 8.42 Å². The van der Waals surface area contributed by atoms with E-state index in [1.807, 2.05) is 0 Å². The highest BCUT2D eigenvalue weighted by molar-refractivity contribution is 8.13. The zero-order chi connectivity index (χ0) is 13.6. The molecule has 3 heterocycles. The molecule has 10 heteroatoms. The van der Waals surface area contributed by atoms with Crippen LogP contribution >= 0.6 is 10.7 Å². The normalized spacial score (nSPS) is 12.1. The van der Waals surface area contributed by atoms with Crippen molar-refractivity contribution in [1.82, 2.24) is 24.6 Å². The van der Waals surface area contributed by atoms with E-state index in [2.05, 4.69) is 20.1 Å². The average Bonchev–Trinajstić information content (AvgIpc) is 2.82. The topological polar surface area (TPSA) is 99.3 Å². The molecule has 0 bridgehead atoms. The van der Waals surface area contributed by atoms with Crippen LogP contribution in [0.2, 0.25) is 0 Å². The van der Waals surface area contributed by atoms with Crippen molar-refractivity contribution in [3.63, 3.8) is 0 Å². The summed E-state index contributed by atoms with van der Waals surface area (Å²) in [5.41, 5.74) is 0.631. The molecule has 0 aliphatic heterocycles. The molecular formula is C9H6ClN5O3S. The van der Waals surface area contributed by atoms with Crippen LogP contribution in [0.3, 0.4) is 0 Å². The van der Waals surface area contributed by atoms with Crippen LogP contribution in [-0.2, 0) is 9.05 Å². The lowest BCUT2D eigenvalue weighted by Gasteiger charge is -2.02. The average molecular weight is 300 g/mol. The van der Waals surface area contributed by atoms with Crippen molar-refractivity contribution in [1.29, 1.82) is 0 Å². The summed E-state index contributed by atoms with van der Waals surface area (Å²) in [6.45, 7) is 0. The predicted octanol–water partition coefficient (Wildman–Crippen LogP) is 0.609. The zero-order valence-corrected chi connectivity index (χ0v) is 11.1. The molecule has 0 amide bonds. The minimum atomic E-state index is -4.03. The Morgan fingerprint density at radius 1 is 1.37 bits per heavy atom. The van der Waals surface area contributed by atoms with Gasteiger partial charge in [0.05, 0.1) is 12.5 Å². The van der Waals surface area contributed by atoms with E-state index in [-0.39, 0.29) is 11.7 Å². The fraction of sp³-hybridized carbons (Fsp3) is 0.111. The van der Waals surface area contributed by atoms with Gasteiger partial charge in [0.15, 0.2) is 11.3 Å². The third-order valence-electron chi connectivity index (χ3n) is 2.40. The summed E-state index contributed by atoms with van der Waals surface area (Å²) in [6, 6.07) is 3.45. The minimum absolute atomic E-state index is 0.0697. The second-order valence-electron chi connectivity index (χ2n) is 3.54. The Morgan fingerprint density at radius 3 is 2.84 bits per heavy atom. The first-order valence-corrected chi connectivity index (χ1v) is 7.32. The molecule has 0 aliphatic rings. The molecular weight excluding hydrogens is 294 g/mol. The molecule has 3 aromatic rings. The molecule has 0 saturated carbocycles. The largest absolute Gasteiger partial charge is 0.467 e. The highest BCUT2D eigenvalue weighted by Gasteiger charge is 2.21. The zero-order valence-electron chi connectivity index (χ0n) is 9.48. The van der Waals surface area contributed by atoms with Crippen LogP contribution in [-0.4, -0.2) is 40.1 Å². The van der Waals surface area contributed by atoms with Crippen LogP contribution in [0.5, 0.6) is 6.01 Å². The number of rotatable bonds is 2. The summed E-state index contributed by atoms with van der Waals surface area (Å²) >= 11 is 0. The van der Waals surface area contributed by atoms with Crippen molar-refractivity contribution in [2.75, 3.05) is 7.11 Å². The molecule has 0 fully saturated rings. The summed E-state index contributed by atoms with van der Waals surface area (Å²) in [4.78, 5) is 12.1. The summed E-state index contributed by atoms with van der Waals surface area (Å²) in [5.74, 6) is 0. The Hall–Kier alpha value is -2.00. The highest BCUT2D eigenvalue weighted by Crippen LogP contribution is 2.22. The molecule has 0 aliphatic carbocycles. The van der Waals surface area contributed by atoms with Crippen molar-refractivity contribution in [2.45, 2.75) is 5.16 Å². The number of fused-ring (bicyclic) bond motifs is 3. The molecule has 0 aromatic carbocycles. The maximum Gasteiger partial charge on any atom is 0.321 e. The quantitative estimate of drug-likeness (QED) is 0.639. The summed E-state index contributed by atoms with van der Waals surface area (Å²) in [7, 11) is 2.58. The smallest absolute Gasteiger partial charge is 0.321 e. The predicted molar refractivity (Wildman–Crippen MR) is 65.7 cm³/mol. The maximum atomic E-state index is 11.3. The summed E-state index contributed by atoms with van der Waals surface area (Å²) < 4.78 is 28.8. The van der Waals surface area contributed by atoms with E-state index in [4.69, 9.17) is 15.4 Å². The number of halogens is 1. The van der Waals surface area contributed by atoms with Gasteiger partial charge in [0, 0.05) is 16.9 Å². The molecule has 0 atom stereocenters. The molecule has 3 aromatic heterocycles. The van der Waals surface area contributed by atoms with Crippen molar-refractivity contribution in [2.24, 2.45) is 0 Å². The van der Waals surface area contributed by atoms with E-state index in [1.54, 1.807) is 18.3 Å². The maximum absolute atomic E-state index is 11.3. The first-order valence-electron chi connectivity index (χ1n) is 5.01. The van der Waals surface area contributed by atoms with Gasteiger partial charge in [-0.15, -0.1) is 5.10 Å². The highest BCUT2D eigenvalue weighted by atomic mass is 35.7. The summed E-state index contributed by atoms with van der Waals surface area (Å²) in [6.07, 6.45) is 1.56. The van der Waals surface area contributed by atoms with E-state index in [1.165, 1.54) is 11.6 Å². The van der Waals surface area contributed by atoms with Crippen molar-refractivity contribution in [3.8, 4) is 6.01 Å². The number of aromatic nitrogens is 5. The van der Waals surface area contributed by atoms with E-state index in [0.717, 1.165) is 0 Å². The van der Waals surface area contributed by atoms with Gasteiger partial charge in [-0.3, -0.25) is 0 Å². The Kier molecular flexibility index (Phi) is 2.54. The van der Waals surface area contributed by atoms with Gasteiger partial charge >= 0.3 is 6.01 Å². The van der Waals surface area contributed by atoms with E-state index < -0.39 is 14.2 Å². The monoisotopic (exact) mass is 299 g/mol. The standard InChI is InChI=1S/C9H6ClN5O3S/c1-18-9-12-6-5(3-2-4-11-6)7-13-8(14-15(7)9)19(10,16)17/h2-4H,1H3. The Bertz CT molecular complexity index is 891. The third kappa shape index (κ3) is 1.87. The molecule has 8 nitrogen and oxygen atoms in total. The first kappa shape index (κ1) is 12.1. The fourth-order valence-corrected chi connectivity index (χ4v) is 2.21. The van der Waals surface area contributed by atoms with Crippen LogP contribution in [0.1, 0.15) is 0 Å². The van der Waals surface area contributed by atoms with Crippen LogP contribution in [0.15, 0.2) is 23.5 Å². The van der Waals surface area contributed by atoms with Crippen molar-refractivity contribution in [3.05, 3.63) is 18.3 Å². The lowest BCUT2D eigenvalue weighted by Crippen LogP contribution is -2.01. The molecule has 0 unspecified atom stereocenters. The lowest BCUT2D eigenvalue weighted by atomic mass is 10.3. The van der Waals surface area contributed by atoms with Gasteiger partial charge in [0.1, 0.15) is 0 Å². The van der Waals surface area contributed by atoms with Crippen molar-refractivity contribution < 1.29 is 13.2 Å². The SMILES string of the molecule is COc1nc2ncccc2c2nc(S(=O)(=O)Cl)nn12. The molecule has 0 radical (unpaired) electrons. The van der Waals surface area contributed by atoms with Gasteiger partial charge < -0.3 is 4.74 Å². The van der Waals surface area contributed by atoms with Crippen LogP contribution in [0.25, 0.3) is 16.7 Å². The Labute approximate surface area is 111 Å².